The Kier molecular flexibility index (Phi) is 6.66. The van der Waals surface area contributed by atoms with Crippen LogP contribution in [0.3, 0.4) is 0 Å². The van der Waals surface area contributed by atoms with E-state index in [0.717, 1.165) is 18.5 Å². The van der Waals surface area contributed by atoms with Gasteiger partial charge < -0.3 is 14.8 Å². The van der Waals surface area contributed by atoms with Gasteiger partial charge in [-0.05, 0) is 30.9 Å². The first-order valence-corrected chi connectivity index (χ1v) is 12.3. The number of halogens is 3. The fourth-order valence-electron chi connectivity index (χ4n) is 4.46. The molecule has 0 saturated carbocycles. The molecule has 1 amide bonds. The third kappa shape index (κ3) is 5.01. The number of likely N-dealkylation sites (tertiary alicyclic amines) is 1. The van der Waals surface area contributed by atoms with Gasteiger partial charge in [0.05, 0.1) is 18.6 Å². The molecule has 0 bridgehead atoms. The predicted octanol–water partition coefficient (Wildman–Crippen LogP) is 2.85. The number of imidazole rings is 1. The highest BCUT2D eigenvalue weighted by Crippen LogP contribution is 2.35. The number of aromatic amines is 1. The molecule has 1 atom stereocenters. The molecule has 2 aliphatic rings. The van der Waals surface area contributed by atoms with Gasteiger partial charge in [0, 0.05) is 50.5 Å². The Labute approximate surface area is 190 Å². The minimum Gasteiger partial charge on any atom is -0.361 e. The highest BCUT2D eigenvalue weighted by molar-refractivity contribution is 7.89. The number of sulfonamides is 1. The summed E-state index contributed by atoms with van der Waals surface area (Å²) in [5, 5.41) is 0. The van der Waals surface area contributed by atoms with Crippen LogP contribution in [0.15, 0.2) is 36.8 Å². The lowest BCUT2D eigenvalue weighted by Gasteiger charge is -2.36. The number of aromatic nitrogens is 2. The Balaban J connectivity index is 1.70. The Morgan fingerprint density at radius 1 is 1.18 bits per heavy atom. The Morgan fingerprint density at radius 2 is 1.97 bits per heavy atom. The van der Waals surface area contributed by atoms with Gasteiger partial charge in [-0.15, -0.1) is 0 Å². The van der Waals surface area contributed by atoms with Crippen molar-refractivity contribution in [3.8, 4) is 0 Å². The molecule has 0 radical (unpaired) electrons. The number of amides is 1. The first-order chi connectivity index (χ1) is 15.7. The van der Waals surface area contributed by atoms with E-state index in [1.807, 2.05) is 4.90 Å². The summed E-state index contributed by atoms with van der Waals surface area (Å²) < 4.78 is 65.7. The van der Waals surface area contributed by atoms with Crippen molar-refractivity contribution in [2.45, 2.75) is 50.3 Å². The molecule has 8 nitrogen and oxygen atoms in total. The average molecular weight is 486 g/mol. The minimum absolute atomic E-state index is 0.0233. The summed E-state index contributed by atoms with van der Waals surface area (Å²) in [5.74, 6) is 0.0233. The summed E-state index contributed by atoms with van der Waals surface area (Å²) >= 11 is 0. The van der Waals surface area contributed by atoms with Crippen LogP contribution in [0.2, 0.25) is 0 Å². The number of hydrogen-bond acceptors (Lipinski definition) is 5. The maximum Gasteiger partial charge on any atom is 0.511 e. The first kappa shape index (κ1) is 23.6. The van der Waals surface area contributed by atoms with Crippen LogP contribution in [-0.2, 0) is 27.9 Å². The number of carbonyl (C=O) groups excluding carboxylic acids is 1. The van der Waals surface area contributed by atoms with Gasteiger partial charge in [-0.25, -0.2) is 13.4 Å². The van der Waals surface area contributed by atoms with E-state index in [4.69, 9.17) is 0 Å². The standard InChI is InChI=1S/C21H26F3N5O3S/c22-21(23,24)33(31,32)28-12-16-5-1-2-6-19(16)29(13-17-11-25-15-26-17)18(14-28)8-10-27-9-4-3-7-20(27)30/h1-2,5-6,11,15,18H,3-4,7-10,12-14H2,(H,25,26). The molecule has 33 heavy (non-hydrogen) atoms. The lowest BCUT2D eigenvalue weighted by Crippen LogP contribution is -2.48. The largest absolute Gasteiger partial charge is 0.511 e. The highest BCUT2D eigenvalue weighted by atomic mass is 32.2. The van der Waals surface area contributed by atoms with Gasteiger partial charge in [-0.3, -0.25) is 4.79 Å². The van der Waals surface area contributed by atoms with Crippen LogP contribution in [0.5, 0.6) is 0 Å². The van der Waals surface area contributed by atoms with Gasteiger partial charge in [0.1, 0.15) is 0 Å². The molecule has 12 heteroatoms. The minimum atomic E-state index is -5.53. The molecule has 4 rings (SSSR count). The Hall–Kier alpha value is -2.60. The Morgan fingerprint density at radius 3 is 2.67 bits per heavy atom. The van der Waals surface area contributed by atoms with Crippen molar-refractivity contribution >= 4 is 21.6 Å². The number of anilines is 1. The number of alkyl halides is 3. The number of piperidine rings is 1. The second-order valence-electron chi connectivity index (χ2n) is 8.36. The van der Waals surface area contributed by atoms with Crippen LogP contribution in [-0.4, -0.2) is 64.7 Å². The molecule has 3 heterocycles. The van der Waals surface area contributed by atoms with E-state index in [1.54, 1.807) is 35.4 Å². The van der Waals surface area contributed by atoms with E-state index < -0.39 is 21.6 Å². The van der Waals surface area contributed by atoms with E-state index in [0.29, 0.717) is 48.0 Å². The number of hydrogen-bond donors (Lipinski definition) is 1. The van der Waals surface area contributed by atoms with E-state index >= 15 is 0 Å². The van der Waals surface area contributed by atoms with E-state index in [-0.39, 0.29) is 19.0 Å². The van der Waals surface area contributed by atoms with Crippen molar-refractivity contribution in [3.63, 3.8) is 0 Å². The molecule has 1 aromatic heterocycles. The van der Waals surface area contributed by atoms with Crippen molar-refractivity contribution in [1.29, 1.82) is 0 Å². The monoisotopic (exact) mass is 485 g/mol. The third-order valence-electron chi connectivity index (χ3n) is 6.18. The molecule has 0 spiro atoms. The number of nitrogens with zero attached hydrogens (tertiary/aromatic N) is 4. The van der Waals surface area contributed by atoms with E-state index in [1.165, 1.54) is 6.33 Å². The van der Waals surface area contributed by atoms with Crippen LogP contribution < -0.4 is 4.90 Å². The lowest BCUT2D eigenvalue weighted by molar-refractivity contribution is -0.133. The first-order valence-electron chi connectivity index (χ1n) is 10.8. The van der Waals surface area contributed by atoms with Gasteiger partial charge in [-0.2, -0.15) is 17.5 Å². The number of H-pyrrole nitrogens is 1. The zero-order chi connectivity index (χ0) is 23.6. The molecule has 180 valence electrons. The predicted molar refractivity (Wildman–Crippen MR) is 115 cm³/mol. The maximum atomic E-state index is 13.5. The van der Waals surface area contributed by atoms with Crippen LogP contribution in [0, 0.1) is 0 Å². The molecule has 1 unspecified atom stereocenters. The normalized spacial score (nSPS) is 20.6. The molecule has 1 N–H and O–H groups in total. The zero-order valence-electron chi connectivity index (χ0n) is 18.0. The third-order valence-corrected chi connectivity index (χ3v) is 7.73. The summed E-state index contributed by atoms with van der Waals surface area (Å²) in [7, 11) is -5.53. The molecule has 1 saturated heterocycles. The summed E-state index contributed by atoms with van der Waals surface area (Å²) in [6.45, 7) is 0.553. The van der Waals surface area contributed by atoms with Gasteiger partial charge in [0.25, 0.3) is 0 Å². The van der Waals surface area contributed by atoms with Gasteiger partial charge >= 0.3 is 15.5 Å². The summed E-state index contributed by atoms with van der Waals surface area (Å²) in [6, 6.07) is 6.30. The van der Waals surface area contributed by atoms with E-state index in [9.17, 15) is 26.4 Å². The Bertz CT molecular complexity index is 1080. The van der Waals surface area contributed by atoms with Gasteiger partial charge in [0.15, 0.2) is 0 Å². The van der Waals surface area contributed by atoms with Gasteiger partial charge in [0.2, 0.25) is 5.91 Å². The summed E-state index contributed by atoms with van der Waals surface area (Å²) in [5.41, 5.74) is -3.49. The van der Waals surface area contributed by atoms with Crippen LogP contribution in [0.25, 0.3) is 0 Å². The second-order valence-corrected chi connectivity index (χ2v) is 10.3. The number of rotatable bonds is 6. The average Bonchev–Trinajstić information content (AvgIpc) is 3.22. The maximum absolute atomic E-state index is 13.5. The number of para-hydroxylation sites is 1. The highest BCUT2D eigenvalue weighted by Gasteiger charge is 2.51. The fourth-order valence-corrected chi connectivity index (χ4v) is 5.43. The van der Waals surface area contributed by atoms with Crippen LogP contribution >= 0.6 is 0 Å². The quantitative estimate of drug-likeness (QED) is 0.680. The van der Waals surface area contributed by atoms with E-state index in [2.05, 4.69) is 9.97 Å². The number of benzene rings is 1. The number of fused-ring (bicyclic) bond motifs is 1. The molecular weight excluding hydrogens is 459 g/mol. The van der Waals surface area contributed by atoms with Crippen LogP contribution in [0.1, 0.15) is 36.9 Å². The van der Waals surface area contributed by atoms with Crippen molar-refractivity contribution in [3.05, 3.63) is 48.0 Å². The smallest absolute Gasteiger partial charge is 0.361 e. The number of nitrogens with one attached hydrogen (secondary N) is 1. The zero-order valence-corrected chi connectivity index (χ0v) is 18.8. The molecule has 1 fully saturated rings. The summed E-state index contributed by atoms with van der Waals surface area (Å²) in [6.07, 6.45) is 5.64. The lowest BCUT2D eigenvalue weighted by atomic mass is 10.1. The molecule has 1 aromatic carbocycles. The SMILES string of the molecule is O=C1CCCCN1CCC1CN(S(=O)(=O)C(F)(F)F)Cc2ccccc2N1Cc1cnc[nH]1. The summed E-state index contributed by atoms with van der Waals surface area (Å²) in [4.78, 5) is 22.9. The number of carbonyl (C=O) groups is 1. The van der Waals surface area contributed by atoms with Crippen molar-refractivity contribution < 1.29 is 26.4 Å². The van der Waals surface area contributed by atoms with Gasteiger partial charge in [-0.1, -0.05) is 18.2 Å². The second kappa shape index (κ2) is 9.34. The van der Waals surface area contributed by atoms with Crippen molar-refractivity contribution in [2.24, 2.45) is 0 Å². The molecule has 0 aliphatic carbocycles. The van der Waals surface area contributed by atoms with Crippen molar-refractivity contribution in [1.82, 2.24) is 19.2 Å². The molecular formula is C21H26F3N5O3S. The van der Waals surface area contributed by atoms with Crippen molar-refractivity contribution in [2.75, 3.05) is 24.5 Å². The fraction of sp³-hybridized carbons (Fsp3) is 0.524. The molecule has 2 aliphatic heterocycles. The van der Waals surface area contributed by atoms with Crippen LogP contribution in [0.4, 0.5) is 18.9 Å². The molecule has 2 aromatic rings. The topological polar surface area (TPSA) is 89.6 Å².